The van der Waals surface area contributed by atoms with Crippen molar-refractivity contribution < 1.29 is 47.2 Å². The summed E-state index contributed by atoms with van der Waals surface area (Å²) in [6.45, 7) is -9.98. The highest BCUT2D eigenvalue weighted by atomic mass is 32.7. The Hall–Kier alpha value is -2.43. The number of imidazole rings is 2. The molecule has 2 bridgehead atoms. The Morgan fingerprint density at radius 3 is 2.05 bits per heavy atom. The van der Waals surface area contributed by atoms with Crippen LogP contribution in [0, 0.1) is 0 Å². The highest BCUT2D eigenvalue weighted by Gasteiger charge is 2.51. The molecule has 6 N–H and O–H groups in total. The molecule has 10 atom stereocenters. The zero-order valence-electron chi connectivity index (χ0n) is 21.9. The first kappa shape index (κ1) is 30.2. The molecule has 3 saturated heterocycles. The normalized spacial score (nSPS) is 38.3. The number of nitrogen functional groups attached to an aromatic ring is 2. The van der Waals surface area contributed by atoms with Crippen molar-refractivity contribution in [3.63, 3.8) is 0 Å². The van der Waals surface area contributed by atoms with Gasteiger partial charge in [0, 0.05) is 0 Å². The summed E-state index contributed by atoms with van der Waals surface area (Å²) >= 11 is 10.3. The zero-order chi connectivity index (χ0) is 31.0. The summed E-state index contributed by atoms with van der Waals surface area (Å²) < 4.78 is 50.3. The standard InChI is InChI=1S/C20H24N10O10P2S2/c21-15-9-17(25-3-23-15)29(5-27-9)19-12(32)13-8(38-19)2-36-42(34,44)40-14-11(31)7(1-35-41(33,43)39-13)37-20(14)30-6-28-10-16(22)24-4-26-18(10)30/h3-8,11-14,19-20,31-32H,1-2H2,(H,33,43)(H,34,44)(H2,21,23,25)(H2,22,24,26)/p-2. The van der Waals surface area contributed by atoms with E-state index < -0.39 is 75.8 Å². The molecule has 4 aromatic heterocycles. The molecule has 3 aliphatic rings. The number of aliphatic hydroxyl groups is 2. The molecule has 0 aliphatic carbocycles. The fraction of sp³-hybridized carbons (Fsp3) is 0.500. The van der Waals surface area contributed by atoms with Crippen LogP contribution in [0.2, 0.25) is 0 Å². The van der Waals surface area contributed by atoms with Crippen molar-refractivity contribution in [2.24, 2.45) is 0 Å². The highest BCUT2D eigenvalue weighted by Crippen LogP contribution is 2.53. The quantitative estimate of drug-likeness (QED) is 0.136. The van der Waals surface area contributed by atoms with Gasteiger partial charge in [0.05, 0.1) is 25.9 Å². The number of rotatable bonds is 2. The van der Waals surface area contributed by atoms with E-state index in [0.29, 0.717) is 0 Å². The zero-order valence-corrected chi connectivity index (χ0v) is 25.4. The average molecular weight is 689 g/mol. The van der Waals surface area contributed by atoms with Gasteiger partial charge in [0.2, 0.25) is 6.80 Å². The largest absolute Gasteiger partial charge is 0.780 e. The monoisotopic (exact) mass is 688 g/mol. The van der Waals surface area contributed by atoms with Crippen LogP contribution < -0.4 is 16.4 Å². The summed E-state index contributed by atoms with van der Waals surface area (Å²) in [5.41, 5.74) is 12.7. The topological polar surface area (TPSA) is 275 Å². The van der Waals surface area contributed by atoms with Gasteiger partial charge in [0.1, 0.15) is 67.0 Å². The molecular weight excluding hydrogens is 666 g/mol. The van der Waals surface area contributed by atoms with Crippen molar-refractivity contribution in [2.75, 3.05) is 24.7 Å². The number of hydrogen-bond donors (Lipinski definition) is 4. The van der Waals surface area contributed by atoms with E-state index in [0.717, 1.165) is 0 Å². The van der Waals surface area contributed by atoms with Crippen LogP contribution in [0.5, 0.6) is 0 Å². The van der Waals surface area contributed by atoms with Crippen LogP contribution in [-0.4, -0.2) is 99.1 Å². The van der Waals surface area contributed by atoms with Crippen LogP contribution in [0.15, 0.2) is 25.3 Å². The van der Waals surface area contributed by atoms with Crippen LogP contribution in [-0.2, 0) is 56.2 Å². The third-order valence-electron chi connectivity index (χ3n) is 7.24. The van der Waals surface area contributed by atoms with Gasteiger partial charge in [0.15, 0.2) is 35.4 Å². The minimum Gasteiger partial charge on any atom is -0.780 e. The lowest BCUT2D eigenvalue weighted by molar-refractivity contribution is -0.217. The lowest BCUT2D eigenvalue weighted by Gasteiger charge is -2.34. The summed E-state index contributed by atoms with van der Waals surface area (Å²) in [6.07, 6.45) is -5.87. The minimum atomic E-state index is -4.43. The van der Waals surface area contributed by atoms with Gasteiger partial charge >= 0.3 is 0 Å². The molecule has 236 valence electrons. The van der Waals surface area contributed by atoms with Crippen molar-refractivity contribution in [3.8, 4) is 0 Å². The Morgan fingerprint density at radius 1 is 0.841 bits per heavy atom. The fourth-order valence-electron chi connectivity index (χ4n) is 5.21. The number of nitrogens with zero attached hydrogens (tertiary/aromatic N) is 8. The molecule has 4 aromatic rings. The molecule has 24 heteroatoms. The first-order chi connectivity index (χ1) is 20.9. The number of hydrogen-bond acceptors (Lipinski definition) is 20. The first-order valence-corrected chi connectivity index (χ1v) is 17.8. The number of fused-ring (bicyclic) bond motifs is 5. The smallest absolute Gasteiger partial charge is 0.200 e. The lowest BCUT2D eigenvalue weighted by atomic mass is 10.1. The van der Waals surface area contributed by atoms with Crippen molar-refractivity contribution in [2.45, 2.75) is 49.1 Å². The molecule has 0 aromatic carbocycles. The van der Waals surface area contributed by atoms with Crippen molar-refractivity contribution >= 4 is 71.5 Å². The Kier molecular flexibility index (Phi) is 7.64. The third kappa shape index (κ3) is 5.28. The van der Waals surface area contributed by atoms with Gasteiger partial charge in [-0.25, -0.2) is 29.9 Å². The molecule has 0 amide bonds. The van der Waals surface area contributed by atoms with Gasteiger partial charge in [-0.15, -0.1) is 0 Å². The average Bonchev–Trinajstić information content (AvgIpc) is 3.73. The maximum atomic E-state index is 13.5. The molecule has 44 heavy (non-hydrogen) atoms. The second kappa shape index (κ2) is 11.1. The second-order valence-corrected chi connectivity index (χ2v) is 15.3. The number of aromatic nitrogens is 8. The molecule has 3 aliphatic heterocycles. The molecular formula is C20H22N10O10P2S2-2. The van der Waals surface area contributed by atoms with E-state index in [9.17, 15) is 19.7 Å². The van der Waals surface area contributed by atoms with Crippen LogP contribution in [0.1, 0.15) is 12.5 Å². The number of anilines is 2. The van der Waals surface area contributed by atoms with Gasteiger partial charge in [-0.05, 0) is 0 Å². The minimum absolute atomic E-state index is 0.0828. The predicted molar refractivity (Wildman–Crippen MR) is 150 cm³/mol. The van der Waals surface area contributed by atoms with Crippen LogP contribution in [0.4, 0.5) is 11.6 Å². The lowest BCUT2D eigenvalue weighted by Crippen LogP contribution is -2.37. The van der Waals surface area contributed by atoms with E-state index in [4.69, 9.17) is 63.1 Å². The van der Waals surface area contributed by atoms with Crippen LogP contribution in [0.25, 0.3) is 22.3 Å². The maximum absolute atomic E-state index is 13.5. The highest BCUT2D eigenvalue weighted by molar-refractivity contribution is 8.32. The van der Waals surface area contributed by atoms with Crippen LogP contribution in [0.3, 0.4) is 0 Å². The van der Waals surface area contributed by atoms with Gasteiger partial charge < -0.3 is 66.4 Å². The maximum Gasteiger partial charge on any atom is 0.200 e. The molecule has 0 saturated carbocycles. The Morgan fingerprint density at radius 2 is 1.41 bits per heavy atom. The molecule has 0 radical (unpaired) electrons. The molecule has 10 unspecified atom stereocenters. The summed E-state index contributed by atoms with van der Waals surface area (Å²) in [4.78, 5) is 37.8. The van der Waals surface area contributed by atoms with E-state index >= 15 is 0 Å². The summed E-state index contributed by atoms with van der Waals surface area (Å²) in [6, 6.07) is 0. The van der Waals surface area contributed by atoms with Crippen LogP contribution >= 0.6 is 13.5 Å². The molecule has 3 fully saturated rings. The second-order valence-electron chi connectivity index (χ2n) is 9.90. The molecule has 0 spiro atoms. The van der Waals surface area contributed by atoms with Gasteiger partial charge in [0.25, 0.3) is 0 Å². The van der Waals surface area contributed by atoms with Crippen molar-refractivity contribution in [1.82, 2.24) is 39.0 Å². The van der Waals surface area contributed by atoms with Gasteiger partial charge in [-0.1, -0.05) is 11.8 Å². The van der Waals surface area contributed by atoms with Crippen molar-refractivity contribution in [3.05, 3.63) is 25.3 Å². The number of ether oxygens (including phenoxy) is 2. The van der Waals surface area contributed by atoms with E-state index in [1.165, 1.54) is 34.4 Å². The summed E-state index contributed by atoms with van der Waals surface area (Å²) in [5.74, 6) is 0.174. The summed E-state index contributed by atoms with van der Waals surface area (Å²) in [5, 5.41) is 22.3. The van der Waals surface area contributed by atoms with E-state index in [-0.39, 0.29) is 34.0 Å². The van der Waals surface area contributed by atoms with Gasteiger partial charge in [-0.3, -0.25) is 13.7 Å². The Labute approximate surface area is 256 Å². The SMILES string of the molecule is Nc1ncnc2c1ncn2C1OC2COP(=O)([S-])OC3C(O)C(COP([O-])(=S)OC2C1O)OC3n1cnc2c(N)ncnc21. The number of aliphatic hydroxyl groups excluding tert-OH is 2. The van der Waals surface area contributed by atoms with E-state index in [1.807, 2.05) is 0 Å². The Bertz CT molecular complexity index is 1830. The molecule has 7 rings (SSSR count). The first-order valence-electron chi connectivity index (χ1n) is 12.7. The molecule has 20 nitrogen and oxygen atoms in total. The van der Waals surface area contributed by atoms with Gasteiger partial charge in [-0.2, -0.15) is 0 Å². The number of nitrogens with two attached hydrogens (primary N) is 2. The Balaban J connectivity index is 1.20. The van der Waals surface area contributed by atoms with E-state index in [1.54, 1.807) is 0 Å². The summed E-state index contributed by atoms with van der Waals surface area (Å²) in [7, 11) is 0. The van der Waals surface area contributed by atoms with Crippen molar-refractivity contribution in [1.29, 1.82) is 0 Å². The third-order valence-corrected chi connectivity index (χ3v) is 10.3. The van der Waals surface area contributed by atoms with E-state index in [2.05, 4.69) is 29.9 Å². The fourth-order valence-corrected chi connectivity index (χ4v) is 8.04. The molecule has 7 heterocycles. The predicted octanol–water partition coefficient (Wildman–Crippen LogP) is -1.60.